The lowest BCUT2D eigenvalue weighted by Crippen LogP contribution is -2.07. The van der Waals surface area contributed by atoms with Crippen LogP contribution in [0, 0.1) is 25.2 Å². The third-order valence-corrected chi connectivity index (χ3v) is 2.79. The van der Waals surface area contributed by atoms with E-state index in [0.717, 1.165) is 0 Å². The molecule has 19 heavy (non-hydrogen) atoms. The average molecular weight is 257 g/mol. The van der Waals surface area contributed by atoms with Crippen molar-refractivity contribution in [1.29, 1.82) is 5.26 Å². The van der Waals surface area contributed by atoms with Gasteiger partial charge in [0, 0.05) is 11.3 Å². The Bertz CT molecular complexity index is 684. The number of nitriles is 1. The van der Waals surface area contributed by atoms with Gasteiger partial charge in [0.2, 0.25) is 0 Å². The lowest BCUT2D eigenvalue weighted by Gasteiger charge is -2.04. The molecule has 2 heterocycles. The summed E-state index contributed by atoms with van der Waals surface area (Å²) in [7, 11) is 0. The Hall–Kier alpha value is -2.75. The fraction of sp³-hybridized carbons (Fsp3) is 0.250. The first-order chi connectivity index (χ1) is 9.04. The first-order valence-electron chi connectivity index (χ1n) is 5.53. The Morgan fingerprint density at radius 3 is 2.89 bits per heavy atom. The number of hydrogen-bond acceptors (Lipinski definition) is 5. The van der Waals surface area contributed by atoms with Crippen LogP contribution in [0.15, 0.2) is 12.3 Å². The molecule has 0 aliphatic rings. The molecule has 0 spiro atoms. The normalized spacial score (nSPS) is 10.2. The smallest absolute Gasteiger partial charge is 0.307 e. The summed E-state index contributed by atoms with van der Waals surface area (Å²) in [6.45, 7) is 3.47. The van der Waals surface area contributed by atoms with Gasteiger partial charge in [-0.15, -0.1) is 5.10 Å². The van der Waals surface area contributed by atoms with Crippen molar-refractivity contribution in [3.63, 3.8) is 0 Å². The molecule has 2 rings (SSSR count). The lowest BCUT2D eigenvalue weighted by atomic mass is 10.1. The molecule has 0 radical (unpaired) electrons. The van der Waals surface area contributed by atoms with Crippen molar-refractivity contribution >= 4 is 5.97 Å². The maximum Gasteiger partial charge on any atom is 0.307 e. The number of hydrogen-bond donors (Lipinski definition) is 1. The van der Waals surface area contributed by atoms with Crippen LogP contribution in [0.1, 0.15) is 22.5 Å². The number of carboxylic acid groups (broad SMARTS) is 1. The predicted octanol–water partition coefficient (Wildman–Crippen LogP) is 0.778. The quantitative estimate of drug-likeness (QED) is 0.871. The summed E-state index contributed by atoms with van der Waals surface area (Å²) >= 11 is 0. The minimum Gasteiger partial charge on any atom is -0.481 e. The van der Waals surface area contributed by atoms with Crippen LogP contribution in [0.5, 0.6) is 0 Å². The molecule has 0 aromatic carbocycles. The van der Waals surface area contributed by atoms with Crippen molar-refractivity contribution in [3.05, 3.63) is 34.8 Å². The van der Waals surface area contributed by atoms with Gasteiger partial charge in [0.25, 0.3) is 0 Å². The van der Waals surface area contributed by atoms with Crippen LogP contribution in [0.2, 0.25) is 0 Å². The molecule has 1 N–H and O–H groups in total. The average Bonchev–Trinajstić information content (AvgIpc) is 2.66. The van der Waals surface area contributed by atoms with Crippen molar-refractivity contribution in [2.75, 3.05) is 0 Å². The highest BCUT2D eigenvalue weighted by molar-refractivity contribution is 5.71. The maximum absolute atomic E-state index is 10.8. The third kappa shape index (κ3) is 2.28. The van der Waals surface area contributed by atoms with E-state index in [9.17, 15) is 4.79 Å². The van der Waals surface area contributed by atoms with Crippen LogP contribution in [0.25, 0.3) is 5.82 Å². The maximum atomic E-state index is 10.8. The van der Waals surface area contributed by atoms with Gasteiger partial charge in [0.1, 0.15) is 11.6 Å². The van der Waals surface area contributed by atoms with Gasteiger partial charge in [-0.1, -0.05) is 0 Å². The second kappa shape index (κ2) is 4.86. The van der Waals surface area contributed by atoms with Crippen molar-refractivity contribution in [2.45, 2.75) is 20.3 Å². The van der Waals surface area contributed by atoms with Crippen molar-refractivity contribution < 1.29 is 9.90 Å². The van der Waals surface area contributed by atoms with E-state index >= 15 is 0 Å². The number of carboxylic acids is 1. The first-order valence-corrected chi connectivity index (χ1v) is 5.53. The van der Waals surface area contributed by atoms with Crippen LogP contribution < -0.4 is 0 Å². The molecule has 0 fully saturated rings. The van der Waals surface area contributed by atoms with Gasteiger partial charge in [-0.3, -0.25) is 4.79 Å². The lowest BCUT2D eigenvalue weighted by molar-refractivity contribution is -0.136. The Kier molecular flexibility index (Phi) is 3.25. The summed E-state index contributed by atoms with van der Waals surface area (Å²) < 4.78 is 1.46. The van der Waals surface area contributed by atoms with E-state index in [1.165, 1.54) is 16.9 Å². The molecule has 2 aromatic rings. The predicted molar refractivity (Wildman–Crippen MR) is 64.7 cm³/mol. The van der Waals surface area contributed by atoms with Gasteiger partial charge in [-0.05, 0) is 19.9 Å². The van der Waals surface area contributed by atoms with E-state index in [0.29, 0.717) is 28.3 Å². The minimum atomic E-state index is -0.926. The minimum absolute atomic E-state index is 0.111. The highest BCUT2D eigenvalue weighted by Gasteiger charge is 2.18. The third-order valence-electron chi connectivity index (χ3n) is 2.79. The molecule has 0 aliphatic carbocycles. The van der Waals surface area contributed by atoms with E-state index in [1.54, 1.807) is 13.8 Å². The van der Waals surface area contributed by atoms with E-state index in [4.69, 9.17) is 10.4 Å². The Morgan fingerprint density at radius 2 is 2.26 bits per heavy atom. The number of aliphatic carboxylic acids is 1. The molecule has 0 unspecified atom stereocenters. The monoisotopic (exact) mass is 257 g/mol. The summed E-state index contributed by atoms with van der Waals surface area (Å²) in [6.07, 6.45) is 1.31. The Morgan fingerprint density at radius 1 is 1.53 bits per heavy atom. The highest BCUT2D eigenvalue weighted by Crippen LogP contribution is 2.18. The van der Waals surface area contributed by atoms with Gasteiger partial charge in [0.15, 0.2) is 5.82 Å². The summed E-state index contributed by atoms with van der Waals surface area (Å²) in [4.78, 5) is 10.8. The number of carbonyl (C=O) groups is 1. The second-order valence-electron chi connectivity index (χ2n) is 4.01. The number of aryl methyl sites for hydroxylation is 1. The molecule has 2 aromatic heterocycles. The van der Waals surface area contributed by atoms with E-state index in [-0.39, 0.29) is 6.42 Å². The van der Waals surface area contributed by atoms with Crippen molar-refractivity contribution in [2.24, 2.45) is 0 Å². The molecular formula is C12H11N5O2. The zero-order valence-electron chi connectivity index (χ0n) is 10.5. The Labute approximate surface area is 109 Å². The summed E-state index contributed by atoms with van der Waals surface area (Å²) in [5, 5.41) is 29.8. The molecule has 0 bridgehead atoms. The van der Waals surface area contributed by atoms with Gasteiger partial charge in [-0.2, -0.15) is 15.5 Å². The fourth-order valence-electron chi connectivity index (χ4n) is 1.86. The van der Waals surface area contributed by atoms with E-state index in [2.05, 4.69) is 15.3 Å². The van der Waals surface area contributed by atoms with E-state index < -0.39 is 5.97 Å². The van der Waals surface area contributed by atoms with Gasteiger partial charge >= 0.3 is 5.97 Å². The SMILES string of the molecule is Cc1nn(-c2nnccc2C#N)c(C)c1CC(=O)O. The van der Waals surface area contributed by atoms with E-state index in [1.807, 2.05) is 6.07 Å². The summed E-state index contributed by atoms with van der Waals surface area (Å²) in [6, 6.07) is 3.55. The summed E-state index contributed by atoms with van der Waals surface area (Å²) in [5.74, 6) is -0.618. The zero-order valence-corrected chi connectivity index (χ0v) is 10.5. The largest absolute Gasteiger partial charge is 0.481 e. The molecule has 96 valence electrons. The highest BCUT2D eigenvalue weighted by atomic mass is 16.4. The molecule has 0 atom stereocenters. The molecule has 0 aliphatic heterocycles. The van der Waals surface area contributed by atoms with Crippen molar-refractivity contribution in [1.82, 2.24) is 20.0 Å². The molecular weight excluding hydrogens is 246 g/mol. The Balaban J connectivity index is 2.59. The zero-order chi connectivity index (χ0) is 14.0. The molecule has 0 saturated heterocycles. The standard InChI is InChI=1S/C12H11N5O2/c1-7-10(5-11(18)19)8(2)17(16-7)12-9(6-13)3-4-14-15-12/h3-4H,5H2,1-2H3,(H,18,19). The van der Waals surface area contributed by atoms with Crippen LogP contribution in [-0.4, -0.2) is 31.1 Å². The van der Waals surface area contributed by atoms with Crippen LogP contribution in [0.3, 0.4) is 0 Å². The number of nitrogens with zero attached hydrogens (tertiary/aromatic N) is 5. The van der Waals surface area contributed by atoms with Crippen molar-refractivity contribution in [3.8, 4) is 11.9 Å². The second-order valence-corrected chi connectivity index (χ2v) is 4.01. The van der Waals surface area contributed by atoms with Crippen LogP contribution in [-0.2, 0) is 11.2 Å². The molecule has 7 nitrogen and oxygen atoms in total. The van der Waals surface area contributed by atoms with Gasteiger partial charge in [0.05, 0.1) is 18.3 Å². The number of aromatic nitrogens is 4. The van der Waals surface area contributed by atoms with Gasteiger partial charge in [-0.25, -0.2) is 4.68 Å². The van der Waals surface area contributed by atoms with Gasteiger partial charge < -0.3 is 5.11 Å². The topological polar surface area (TPSA) is 105 Å². The molecule has 0 amide bonds. The summed E-state index contributed by atoms with van der Waals surface area (Å²) in [5.41, 5.74) is 2.22. The van der Waals surface area contributed by atoms with Crippen LogP contribution >= 0.6 is 0 Å². The molecule has 7 heteroatoms. The number of rotatable bonds is 3. The fourth-order valence-corrected chi connectivity index (χ4v) is 1.86. The first kappa shape index (κ1) is 12.7. The molecule has 0 saturated carbocycles. The van der Waals surface area contributed by atoms with Crippen LogP contribution in [0.4, 0.5) is 0 Å².